The molecule has 3 heterocycles. The number of carbonyl (C=O) groups excluding carboxylic acids is 1. The number of aromatic nitrogens is 1. The first-order valence-electron chi connectivity index (χ1n) is 7.97. The smallest absolute Gasteiger partial charge is 0.255 e. The molecule has 2 fully saturated rings. The highest BCUT2D eigenvalue weighted by atomic mass is 16.5. The van der Waals surface area contributed by atoms with Crippen LogP contribution >= 0.6 is 0 Å². The minimum absolute atomic E-state index is 0.0633. The van der Waals surface area contributed by atoms with Crippen molar-refractivity contribution in [3.63, 3.8) is 0 Å². The lowest BCUT2D eigenvalue weighted by Gasteiger charge is -2.23. The Balaban J connectivity index is 1.60. The van der Waals surface area contributed by atoms with Crippen molar-refractivity contribution in [2.24, 2.45) is 5.92 Å². The number of amides is 1. The van der Waals surface area contributed by atoms with Crippen LogP contribution < -0.4 is 0 Å². The van der Waals surface area contributed by atoms with E-state index in [0.29, 0.717) is 18.0 Å². The summed E-state index contributed by atoms with van der Waals surface area (Å²) in [6, 6.07) is 3.73. The van der Waals surface area contributed by atoms with Crippen LogP contribution in [0.2, 0.25) is 0 Å². The van der Waals surface area contributed by atoms with E-state index in [1.165, 1.54) is 0 Å². The summed E-state index contributed by atoms with van der Waals surface area (Å²) in [7, 11) is 1.73. The third kappa shape index (κ3) is 3.15. The first kappa shape index (κ1) is 15.4. The Morgan fingerprint density at radius 3 is 3.14 bits per heavy atom. The van der Waals surface area contributed by atoms with Crippen molar-refractivity contribution in [2.75, 3.05) is 33.4 Å². The average Bonchev–Trinajstić information content (AvgIpc) is 3.13. The minimum Gasteiger partial charge on any atom is -0.385 e. The summed E-state index contributed by atoms with van der Waals surface area (Å²) in [5, 5.41) is 0. The zero-order valence-corrected chi connectivity index (χ0v) is 13.4. The zero-order chi connectivity index (χ0) is 15.6. The molecule has 1 aromatic rings. The van der Waals surface area contributed by atoms with Crippen molar-refractivity contribution in [1.29, 1.82) is 0 Å². The second-order valence-corrected chi connectivity index (χ2v) is 6.51. The highest BCUT2D eigenvalue weighted by Crippen LogP contribution is 2.39. The molecule has 5 heteroatoms. The lowest BCUT2D eigenvalue weighted by molar-refractivity contribution is 0.0113. The van der Waals surface area contributed by atoms with Gasteiger partial charge in [-0.25, -0.2) is 0 Å². The summed E-state index contributed by atoms with van der Waals surface area (Å²) in [6.45, 7) is 4.96. The average molecular weight is 304 g/mol. The van der Waals surface area contributed by atoms with Crippen LogP contribution in [0.25, 0.3) is 0 Å². The predicted molar refractivity (Wildman–Crippen MR) is 82.8 cm³/mol. The van der Waals surface area contributed by atoms with Gasteiger partial charge in [0.2, 0.25) is 0 Å². The molecule has 5 nitrogen and oxygen atoms in total. The number of methoxy groups -OCH3 is 1. The second-order valence-electron chi connectivity index (χ2n) is 6.51. The Hall–Kier alpha value is -1.46. The molecular formula is C17H24N2O3. The van der Waals surface area contributed by atoms with Crippen LogP contribution in [0.5, 0.6) is 0 Å². The third-order valence-corrected chi connectivity index (χ3v) is 4.78. The number of nitrogens with zero attached hydrogens (tertiary/aromatic N) is 2. The number of hydrogen-bond acceptors (Lipinski definition) is 4. The molecule has 1 aromatic heterocycles. The molecule has 1 amide bonds. The van der Waals surface area contributed by atoms with E-state index in [2.05, 4.69) is 4.98 Å². The largest absolute Gasteiger partial charge is 0.385 e. The van der Waals surface area contributed by atoms with E-state index < -0.39 is 0 Å². The topological polar surface area (TPSA) is 51.7 Å². The lowest BCUT2D eigenvalue weighted by Crippen LogP contribution is -2.35. The fourth-order valence-electron chi connectivity index (χ4n) is 3.49. The van der Waals surface area contributed by atoms with Crippen molar-refractivity contribution < 1.29 is 14.3 Å². The molecule has 1 spiro atoms. The third-order valence-electron chi connectivity index (χ3n) is 4.78. The van der Waals surface area contributed by atoms with Crippen LogP contribution in [-0.4, -0.2) is 54.8 Å². The van der Waals surface area contributed by atoms with Crippen LogP contribution in [0.15, 0.2) is 18.3 Å². The van der Waals surface area contributed by atoms with Crippen molar-refractivity contribution in [3.05, 3.63) is 29.6 Å². The summed E-state index contributed by atoms with van der Waals surface area (Å²) >= 11 is 0. The Morgan fingerprint density at radius 1 is 1.55 bits per heavy atom. The Labute approximate surface area is 131 Å². The maximum Gasteiger partial charge on any atom is 0.255 e. The SMILES string of the molecule is COCCC1COC2(CCN(C(=O)c3ccc(C)nc3)C2)C1. The molecule has 0 N–H and O–H groups in total. The van der Waals surface area contributed by atoms with Gasteiger partial charge >= 0.3 is 0 Å². The molecule has 2 aliphatic heterocycles. The number of likely N-dealkylation sites (tertiary alicyclic amines) is 1. The van der Waals surface area contributed by atoms with Gasteiger partial charge in [0.15, 0.2) is 0 Å². The van der Waals surface area contributed by atoms with Gasteiger partial charge in [-0.3, -0.25) is 9.78 Å². The van der Waals surface area contributed by atoms with Crippen molar-refractivity contribution in [1.82, 2.24) is 9.88 Å². The standard InChI is InChI=1S/C17H24N2O3/c1-13-3-4-15(10-18-13)16(20)19-7-6-17(12-19)9-14(11-22-17)5-8-21-2/h3-4,10,14H,5-9,11-12H2,1-2H3. The second kappa shape index (κ2) is 6.34. The van der Waals surface area contributed by atoms with Gasteiger partial charge < -0.3 is 14.4 Å². The van der Waals surface area contributed by atoms with Gasteiger partial charge in [0.25, 0.3) is 5.91 Å². The van der Waals surface area contributed by atoms with E-state index in [4.69, 9.17) is 9.47 Å². The zero-order valence-electron chi connectivity index (χ0n) is 13.4. The van der Waals surface area contributed by atoms with Gasteiger partial charge in [-0.2, -0.15) is 0 Å². The van der Waals surface area contributed by atoms with E-state index in [1.54, 1.807) is 13.3 Å². The minimum atomic E-state index is -0.133. The van der Waals surface area contributed by atoms with Crippen molar-refractivity contribution in [3.8, 4) is 0 Å². The number of ether oxygens (including phenoxy) is 2. The van der Waals surface area contributed by atoms with Crippen LogP contribution in [0.4, 0.5) is 0 Å². The van der Waals surface area contributed by atoms with Gasteiger partial charge in [0.05, 0.1) is 24.3 Å². The molecule has 0 aliphatic carbocycles. The summed E-state index contributed by atoms with van der Waals surface area (Å²) in [6.07, 6.45) is 4.67. The molecule has 2 aliphatic rings. The molecule has 0 saturated carbocycles. The fourth-order valence-corrected chi connectivity index (χ4v) is 3.49. The lowest BCUT2D eigenvalue weighted by atomic mass is 9.92. The number of rotatable bonds is 4. The summed E-state index contributed by atoms with van der Waals surface area (Å²) in [5.74, 6) is 0.615. The molecule has 3 rings (SSSR count). The van der Waals surface area contributed by atoms with Crippen LogP contribution in [0.3, 0.4) is 0 Å². The Kier molecular flexibility index (Phi) is 4.45. The maximum atomic E-state index is 12.6. The van der Waals surface area contributed by atoms with Crippen LogP contribution in [-0.2, 0) is 9.47 Å². The van der Waals surface area contributed by atoms with E-state index in [9.17, 15) is 4.79 Å². The molecule has 0 radical (unpaired) electrons. The number of hydrogen-bond donors (Lipinski definition) is 0. The number of carbonyl (C=O) groups is 1. The molecule has 2 atom stereocenters. The fraction of sp³-hybridized carbons (Fsp3) is 0.647. The molecule has 0 aromatic carbocycles. The predicted octanol–water partition coefficient (Wildman–Crippen LogP) is 2.05. The maximum absolute atomic E-state index is 12.6. The monoisotopic (exact) mass is 304 g/mol. The molecule has 0 bridgehead atoms. The van der Waals surface area contributed by atoms with Crippen LogP contribution in [0, 0.1) is 12.8 Å². The van der Waals surface area contributed by atoms with E-state index in [1.807, 2.05) is 24.0 Å². The Morgan fingerprint density at radius 2 is 2.41 bits per heavy atom. The van der Waals surface area contributed by atoms with Crippen molar-refractivity contribution in [2.45, 2.75) is 31.8 Å². The number of pyridine rings is 1. The summed E-state index contributed by atoms with van der Waals surface area (Å²) in [4.78, 5) is 18.7. The van der Waals surface area contributed by atoms with Gasteiger partial charge in [0.1, 0.15) is 0 Å². The van der Waals surface area contributed by atoms with E-state index >= 15 is 0 Å². The highest BCUT2D eigenvalue weighted by molar-refractivity contribution is 5.94. The summed E-state index contributed by atoms with van der Waals surface area (Å²) in [5.41, 5.74) is 1.46. The van der Waals surface area contributed by atoms with Gasteiger partial charge in [-0.15, -0.1) is 0 Å². The van der Waals surface area contributed by atoms with Crippen LogP contribution in [0.1, 0.15) is 35.3 Å². The molecule has 120 valence electrons. The van der Waals surface area contributed by atoms with Gasteiger partial charge in [0, 0.05) is 32.2 Å². The molecule has 2 unspecified atom stereocenters. The highest BCUT2D eigenvalue weighted by Gasteiger charge is 2.46. The molecule has 22 heavy (non-hydrogen) atoms. The van der Waals surface area contributed by atoms with E-state index in [-0.39, 0.29) is 11.5 Å². The summed E-state index contributed by atoms with van der Waals surface area (Å²) < 4.78 is 11.2. The normalized spacial score (nSPS) is 27.7. The molecule has 2 saturated heterocycles. The quantitative estimate of drug-likeness (QED) is 0.854. The molecular weight excluding hydrogens is 280 g/mol. The number of aryl methyl sites for hydroxylation is 1. The van der Waals surface area contributed by atoms with Gasteiger partial charge in [-0.05, 0) is 44.2 Å². The van der Waals surface area contributed by atoms with E-state index in [0.717, 1.165) is 44.7 Å². The van der Waals surface area contributed by atoms with Gasteiger partial charge in [-0.1, -0.05) is 0 Å². The van der Waals surface area contributed by atoms with Crippen molar-refractivity contribution >= 4 is 5.91 Å². The first-order chi connectivity index (χ1) is 10.6. The Bertz CT molecular complexity index is 531. The first-order valence-corrected chi connectivity index (χ1v) is 7.97.